The largest absolute Gasteiger partial charge is 0.489 e. The number of rotatable bonds is 7. The van der Waals surface area contributed by atoms with Gasteiger partial charge in [0.15, 0.2) is 0 Å². The lowest BCUT2D eigenvalue weighted by Crippen LogP contribution is -2.32. The van der Waals surface area contributed by atoms with Gasteiger partial charge in [-0.2, -0.15) is 0 Å². The first-order valence-electron chi connectivity index (χ1n) is 8.80. The number of hydrogen-bond acceptors (Lipinski definition) is 3. The van der Waals surface area contributed by atoms with Crippen molar-refractivity contribution in [2.75, 3.05) is 11.9 Å². The molecule has 0 aliphatic carbocycles. The van der Waals surface area contributed by atoms with Crippen molar-refractivity contribution >= 4 is 17.5 Å². The number of halogens is 2. The Kier molecular flexibility index (Phi) is 6.52. The molecule has 148 valence electrons. The van der Waals surface area contributed by atoms with E-state index in [1.165, 1.54) is 36.4 Å². The molecule has 0 aliphatic rings. The van der Waals surface area contributed by atoms with Crippen LogP contribution >= 0.6 is 0 Å². The zero-order chi connectivity index (χ0) is 20.6. The lowest BCUT2D eigenvalue weighted by Gasteiger charge is -2.10. The predicted molar refractivity (Wildman–Crippen MR) is 105 cm³/mol. The molecule has 0 atom stereocenters. The van der Waals surface area contributed by atoms with Gasteiger partial charge in [0.1, 0.15) is 24.0 Å². The Morgan fingerprint density at radius 2 is 1.62 bits per heavy atom. The summed E-state index contributed by atoms with van der Waals surface area (Å²) in [4.78, 5) is 24.0. The zero-order valence-electron chi connectivity index (χ0n) is 15.3. The minimum absolute atomic E-state index is 0.203. The van der Waals surface area contributed by atoms with Crippen molar-refractivity contribution in [1.29, 1.82) is 0 Å². The second kappa shape index (κ2) is 9.45. The molecule has 3 aromatic rings. The summed E-state index contributed by atoms with van der Waals surface area (Å²) in [5, 5.41) is 5.15. The Morgan fingerprint density at radius 1 is 0.862 bits per heavy atom. The number of benzene rings is 3. The van der Waals surface area contributed by atoms with Crippen molar-refractivity contribution in [2.24, 2.45) is 0 Å². The van der Waals surface area contributed by atoms with Crippen LogP contribution in [0, 0.1) is 11.6 Å². The van der Waals surface area contributed by atoms with E-state index in [0.29, 0.717) is 11.4 Å². The van der Waals surface area contributed by atoms with Gasteiger partial charge in [-0.1, -0.05) is 18.2 Å². The van der Waals surface area contributed by atoms with Crippen molar-refractivity contribution in [3.63, 3.8) is 0 Å². The third-order valence-corrected chi connectivity index (χ3v) is 3.93. The smallest absolute Gasteiger partial charge is 0.251 e. The van der Waals surface area contributed by atoms with Crippen LogP contribution in [-0.4, -0.2) is 18.4 Å². The minimum Gasteiger partial charge on any atom is -0.489 e. The maximum atomic E-state index is 13.2. The topological polar surface area (TPSA) is 67.4 Å². The molecule has 0 spiro atoms. The van der Waals surface area contributed by atoms with Crippen LogP contribution in [0.25, 0.3) is 0 Å². The fourth-order valence-corrected chi connectivity index (χ4v) is 2.53. The third-order valence-electron chi connectivity index (χ3n) is 3.93. The molecule has 0 heterocycles. The molecule has 3 rings (SSSR count). The zero-order valence-corrected chi connectivity index (χ0v) is 15.3. The van der Waals surface area contributed by atoms with Gasteiger partial charge in [-0.05, 0) is 54.1 Å². The average Bonchev–Trinajstić information content (AvgIpc) is 2.71. The molecule has 0 fully saturated rings. The first-order chi connectivity index (χ1) is 14.0. The van der Waals surface area contributed by atoms with Crippen LogP contribution < -0.4 is 15.4 Å². The van der Waals surface area contributed by atoms with E-state index >= 15 is 0 Å². The number of amides is 2. The highest BCUT2D eigenvalue weighted by molar-refractivity contribution is 5.99. The van der Waals surface area contributed by atoms with E-state index in [1.807, 2.05) is 6.07 Å². The normalized spacial score (nSPS) is 10.3. The van der Waals surface area contributed by atoms with Gasteiger partial charge < -0.3 is 15.4 Å². The Morgan fingerprint density at radius 3 is 2.38 bits per heavy atom. The van der Waals surface area contributed by atoms with Crippen LogP contribution in [0.2, 0.25) is 0 Å². The number of nitrogens with one attached hydrogen (secondary N) is 2. The van der Waals surface area contributed by atoms with Crippen LogP contribution in [0.4, 0.5) is 14.5 Å². The van der Waals surface area contributed by atoms with Gasteiger partial charge in [-0.15, -0.1) is 0 Å². The van der Waals surface area contributed by atoms with Gasteiger partial charge in [0.25, 0.3) is 5.91 Å². The SMILES string of the molecule is O=C(CNC(=O)c1ccc(F)cc1)Nc1cccc(COc2cccc(F)c2)c1. The van der Waals surface area contributed by atoms with Gasteiger partial charge in [-0.25, -0.2) is 8.78 Å². The van der Waals surface area contributed by atoms with E-state index in [1.54, 1.807) is 30.3 Å². The van der Waals surface area contributed by atoms with E-state index in [9.17, 15) is 18.4 Å². The molecule has 0 aliphatic heterocycles. The van der Waals surface area contributed by atoms with Gasteiger partial charge in [0.2, 0.25) is 5.91 Å². The van der Waals surface area contributed by atoms with Crippen molar-refractivity contribution in [3.8, 4) is 5.75 Å². The second-order valence-electron chi connectivity index (χ2n) is 6.18. The Balaban J connectivity index is 1.50. The molecule has 0 saturated heterocycles. The maximum Gasteiger partial charge on any atom is 0.251 e. The highest BCUT2D eigenvalue weighted by atomic mass is 19.1. The molecule has 2 amide bonds. The summed E-state index contributed by atoms with van der Waals surface area (Å²) in [6.45, 7) is -0.0330. The number of carbonyl (C=O) groups excluding carboxylic acids is 2. The third kappa shape index (κ3) is 6.14. The van der Waals surface area contributed by atoms with Crippen LogP contribution in [-0.2, 0) is 11.4 Å². The molecular weight excluding hydrogens is 378 g/mol. The van der Waals surface area contributed by atoms with E-state index in [0.717, 1.165) is 5.56 Å². The van der Waals surface area contributed by atoms with E-state index < -0.39 is 17.6 Å². The number of carbonyl (C=O) groups is 2. The molecule has 0 saturated carbocycles. The lowest BCUT2D eigenvalue weighted by atomic mass is 10.2. The predicted octanol–water partition coefficient (Wildman–Crippen LogP) is 3.91. The number of ether oxygens (including phenoxy) is 1. The summed E-state index contributed by atoms with van der Waals surface area (Å²) < 4.78 is 31.6. The summed E-state index contributed by atoms with van der Waals surface area (Å²) in [5.41, 5.74) is 1.57. The van der Waals surface area contributed by atoms with E-state index in [2.05, 4.69) is 10.6 Å². The summed E-state index contributed by atoms with van der Waals surface area (Å²) in [6.07, 6.45) is 0. The number of anilines is 1. The lowest BCUT2D eigenvalue weighted by molar-refractivity contribution is -0.115. The molecule has 2 N–H and O–H groups in total. The maximum absolute atomic E-state index is 13.2. The van der Waals surface area contributed by atoms with Crippen LogP contribution in [0.1, 0.15) is 15.9 Å². The molecule has 0 aromatic heterocycles. The van der Waals surface area contributed by atoms with Gasteiger partial charge in [-0.3, -0.25) is 9.59 Å². The van der Waals surface area contributed by atoms with Crippen LogP contribution in [0.5, 0.6) is 5.75 Å². The first kappa shape index (κ1) is 20.0. The molecular formula is C22H18F2N2O3. The summed E-state index contributed by atoms with van der Waals surface area (Å²) in [7, 11) is 0. The average molecular weight is 396 g/mol. The van der Waals surface area contributed by atoms with E-state index in [-0.39, 0.29) is 24.5 Å². The summed E-state index contributed by atoms with van der Waals surface area (Å²) in [6, 6.07) is 17.8. The fourth-order valence-electron chi connectivity index (χ4n) is 2.53. The minimum atomic E-state index is -0.475. The fraction of sp³-hybridized carbons (Fsp3) is 0.0909. The van der Waals surface area contributed by atoms with Crippen molar-refractivity contribution in [1.82, 2.24) is 5.32 Å². The first-order valence-corrected chi connectivity index (χ1v) is 8.80. The molecule has 0 unspecified atom stereocenters. The second-order valence-corrected chi connectivity index (χ2v) is 6.18. The highest BCUT2D eigenvalue weighted by Crippen LogP contribution is 2.16. The quantitative estimate of drug-likeness (QED) is 0.636. The van der Waals surface area contributed by atoms with Crippen molar-refractivity contribution in [2.45, 2.75) is 6.61 Å². The van der Waals surface area contributed by atoms with Crippen LogP contribution in [0.3, 0.4) is 0 Å². The van der Waals surface area contributed by atoms with Crippen LogP contribution in [0.15, 0.2) is 72.8 Å². The Hall–Kier alpha value is -3.74. The monoisotopic (exact) mass is 396 g/mol. The molecule has 0 bridgehead atoms. The van der Waals surface area contributed by atoms with Gasteiger partial charge >= 0.3 is 0 Å². The molecule has 7 heteroatoms. The Bertz CT molecular complexity index is 1010. The van der Waals surface area contributed by atoms with Gasteiger partial charge in [0.05, 0.1) is 6.54 Å². The molecule has 5 nitrogen and oxygen atoms in total. The number of hydrogen-bond donors (Lipinski definition) is 2. The highest BCUT2D eigenvalue weighted by Gasteiger charge is 2.09. The van der Waals surface area contributed by atoms with Gasteiger partial charge in [0, 0.05) is 17.3 Å². The molecule has 0 radical (unpaired) electrons. The standard InChI is InChI=1S/C22H18F2N2O3/c23-17-9-7-16(8-10-17)22(28)25-13-21(27)26-19-5-1-3-15(11-19)14-29-20-6-2-4-18(24)12-20/h1-12H,13-14H2,(H,25,28)(H,26,27). The molecule has 3 aromatic carbocycles. The summed E-state index contributed by atoms with van der Waals surface area (Å²) >= 11 is 0. The summed E-state index contributed by atoms with van der Waals surface area (Å²) in [5.74, 6) is -1.31. The van der Waals surface area contributed by atoms with Crippen molar-refractivity contribution < 1.29 is 23.1 Å². The molecule has 29 heavy (non-hydrogen) atoms. The Labute approximate surface area is 166 Å². The van der Waals surface area contributed by atoms with E-state index in [4.69, 9.17) is 4.74 Å². The van der Waals surface area contributed by atoms with Crippen molar-refractivity contribution in [3.05, 3.63) is 95.6 Å².